The van der Waals surface area contributed by atoms with E-state index in [-0.39, 0.29) is 11.9 Å². The lowest BCUT2D eigenvalue weighted by atomic mass is 9.93. The minimum Gasteiger partial charge on any atom is -0.491 e. The average Bonchev–Trinajstić information content (AvgIpc) is 2.86. The third kappa shape index (κ3) is 4.42. The number of rotatable bonds is 5. The molecule has 1 aliphatic heterocycles. The third-order valence-corrected chi connectivity index (χ3v) is 6.69. The van der Waals surface area contributed by atoms with Crippen LogP contribution in [-0.4, -0.2) is 44.6 Å². The first-order valence-electron chi connectivity index (χ1n) is 11.8. The third-order valence-electron chi connectivity index (χ3n) is 6.69. The van der Waals surface area contributed by atoms with Gasteiger partial charge in [-0.3, -0.25) is 9.28 Å². The number of ether oxygens (including phenoxy) is 1. The molecule has 0 bridgehead atoms. The van der Waals surface area contributed by atoms with E-state index in [0.29, 0.717) is 13.2 Å². The van der Waals surface area contributed by atoms with E-state index >= 15 is 0 Å². The van der Waals surface area contributed by atoms with Gasteiger partial charge < -0.3 is 9.64 Å². The molecule has 4 heteroatoms. The smallest absolute Gasteiger partial charge is 0.255 e. The first-order valence-corrected chi connectivity index (χ1v) is 11.8. The zero-order valence-corrected chi connectivity index (χ0v) is 20.1. The molecule has 0 aliphatic carbocycles. The molecule has 0 saturated heterocycles. The topological polar surface area (TPSA) is 29.5 Å². The number of fused-ring (bicyclic) bond motifs is 2. The summed E-state index contributed by atoms with van der Waals surface area (Å²) in [5.74, 6) is 0.883. The van der Waals surface area contributed by atoms with E-state index in [0.717, 1.165) is 33.0 Å². The van der Waals surface area contributed by atoms with Crippen LogP contribution < -0.4 is 9.22 Å². The Morgan fingerprint density at radius 2 is 1.53 bits per heavy atom. The van der Waals surface area contributed by atoms with E-state index in [1.165, 1.54) is 16.8 Å². The second-order valence-corrected chi connectivity index (χ2v) is 9.90. The highest BCUT2D eigenvalue weighted by Gasteiger charge is 2.31. The van der Waals surface area contributed by atoms with Gasteiger partial charge in [-0.2, -0.15) is 0 Å². The second kappa shape index (κ2) is 8.96. The van der Waals surface area contributed by atoms with Crippen LogP contribution in [-0.2, 0) is 13.0 Å². The first kappa shape index (κ1) is 22.2. The van der Waals surface area contributed by atoms with Crippen LogP contribution in [0, 0.1) is 0 Å². The molecular formula is C30H31N2O2+. The summed E-state index contributed by atoms with van der Waals surface area (Å²) in [6.45, 7) is 1.04. The predicted octanol–water partition coefficient (Wildman–Crippen LogP) is 5.68. The molecule has 1 heterocycles. The molecule has 0 N–H and O–H groups in total. The molecule has 5 rings (SSSR count). The number of hydrogen-bond acceptors (Lipinski definition) is 2. The van der Waals surface area contributed by atoms with Crippen molar-refractivity contribution < 1.29 is 9.53 Å². The Balaban J connectivity index is 1.42. The van der Waals surface area contributed by atoms with Gasteiger partial charge >= 0.3 is 0 Å². The molecule has 1 amide bonds. The molecule has 34 heavy (non-hydrogen) atoms. The standard InChI is InChI=1S/C30H31N2O2/c1-32(2,3)26-15-17-27(18-16-26)34-21-25-19-23-10-4-5-11-24(23)20-31(25)30(33)29-14-8-12-22-9-6-7-13-28(22)29/h4-18,25H,19-21H2,1-3H3/q+1/t25-/m0/s1. The van der Waals surface area contributed by atoms with Crippen molar-refractivity contribution in [2.75, 3.05) is 27.7 Å². The Bertz CT molecular complexity index is 1320. The van der Waals surface area contributed by atoms with E-state index in [1.54, 1.807) is 0 Å². The fourth-order valence-corrected chi connectivity index (χ4v) is 4.72. The average molecular weight is 452 g/mol. The van der Waals surface area contributed by atoms with E-state index in [4.69, 9.17) is 4.74 Å². The van der Waals surface area contributed by atoms with Crippen molar-refractivity contribution in [1.82, 2.24) is 9.38 Å². The van der Waals surface area contributed by atoms with Gasteiger partial charge in [0.2, 0.25) is 0 Å². The van der Waals surface area contributed by atoms with Crippen molar-refractivity contribution >= 4 is 22.4 Å². The van der Waals surface area contributed by atoms with Crippen LogP contribution in [0.3, 0.4) is 0 Å². The number of carbonyl (C=O) groups is 1. The monoisotopic (exact) mass is 451 g/mol. The van der Waals surface area contributed by atoms with Crippen molar-refractivity contribution in [2.45, 2.75) is 19.0 Å². The molecule has 0 saturated carbocycles. The van der Waals surface area contributed by atoms with Crippen LogP contribution in [0.25, 0.3) is 10.8 Å². The Hall–Kier alpha value is -3.63. The largest absolute Gasteiger partial charge is 0.491 e. The summed E-state index contributed by atoms with van der Waals surface area (Å²) < 4.78 is 6.99. The summed E-state index contributed by atoms with van der Waals surface area (Å²) >= 11 is 0. The van der Waals surface area contributed by atoms with Gasteiger partial charge in [-0.15, -0.1) is 0 Å². The summed E-state index contributed by atoms with van der Waals surface area (Å²) in [5.41, 5.74) is 4.46. The van der Waals surface area contributed by atoms with Gasteiger partial charge in [0.05, 0.1) is 27.2 Å². The molecule has 0 spiro atoms. The summed E-state index contributed by atoms with van der Waals surface area (Å²) in [7, 11) is 6.43. The minimum absolute atomic E-state index is 0.0422. The lowest BCUT2D eigenvalue weighted by molar-refractivity contribution is 0.0568. The molecule has 0 unspecified atom stereocenters. The van der Waals surface area contributed by atoms with Gasteiger partial charge in [0.1, 0.15) is 18.0 Å². The molecule has 0 fully saturated rings. The van der Waals surface area contributed by atoms with Crippen LogP contribution in [0.2, 0.25) is 0 Å². The van der Waals surface area contributed by atoms with Gasteiger partial charge in [-0.25, -0.2) is 0 Å². The fourth-order valence-electron chi connectivity index (χ4n) is 4.72. The highest BCUT2D eigenvalue weighted by Crippen LogP contribution is 2.28. The van der Waals surface area contributed by atoms with Crippen molar-refractivity contribution in [3.8, 4) is 5.75 Å². The SMILES string of the molecule is C[N+](C)(C)c1ccc(OC[C@@H]2Cc3ccccc3CN2C(=O)c2cccc3ccccc23)cc1. The molecule has 4 nitrogen and oxygen atoms in total. The van der Waals surface area contributed by atoms with Crippen LogP contribution >= 0.6 is 0 Å². The lowest BCUT2D eigenvalue weighted by Gasteiger charge is -2.37. The maximum absolute atomic E-state index is 13.9. The maximum Gasteiger partial charge on any atom is 0.255 e. The Morgan fingerprint density at radius 3 is 2.29 bits per heavy atom. The van der Waals surface area contributed by atoms with E-state index in [9.17, 15) is 4.79 Å². The fraction of sp³-hybridized carbons (Fsp3) is 0.233. The number of amides is 1. The zero-order valence-electron chi connectivity index (χ0n) is 20.1. The van der Waals surface area contributed by atoms with E-state index < -0.39 is 0 Å². The first-order chi connectivity index (χ1) is 16.4. The number of nitrogens with zero attached hydrogens (tertiary/aromatic N) is 2. The van der Waals surface area contributed by atoms with Crippen molar-refractivity contribution in [2.24, 2.45) is 0 Å². The summed E-state index contributed by atoms with van der Waals surface area (Å²) in [6, 6.07) is 30.6. The van der Waals surface area contributed by atoms with Crippen LogP contribution in [0.1, 0.15) is 21.5 Å². The molecule has 0 aromatic heterocycles. The Morgan fingerprint density at radius 1 is 0.853 bits per heavy atom. The molecule has 0 radical (unpaired) electrons. The van der Waals surface area contributed by atoms with Gasteiger partial charge in [-0.1, -0.05) is 60.7 Å². The van der Waals surface area contributed by atoms with Crippen LogP contribution in [0.5, 0.6) is 5.75 Å². The van der Waals surface area contributed by atoms with Gasteiger partial charge in [0.15, 0.2) is 0 Å². The molecule has 172 valence electrons. The number of hydrogen-bond donors (Lipinski definition) is 0. The summed E-state index contributed by atoms with van der Waals surface area (Å²) in [4.78, 5) is 15.9. The summed E-state index contributed by atoms with van der Waals surface area (Å²) in [6.07, 6.45) is 0.781. The number of quaternary nitrogens is 1. The van der Waals surface area contributed by atoms with Crippen molar-refractivity contribution in [1.29, 1.82) is 0 Å². The molecule has 1 aliphatic rings. The van der Waals surface area contributed by atoms with Gasteiger partial charge in [0, 0.05) is 24.2 Å². The minimum atomic E-state index is -0.0422. The van der Waals surface area contributed by atoms with E-state index in [2.05, 4.69) is 63.6 Å². The highest BCUT2D eigenvalue weighted by atomic mass is 16.5. The molecule has 4 aromatic rings. The Kier molecular flexibility index (Phi) is 5.84. The normalized spacial score (nSPS) is 15.7. The predicted molar refractivity (Wildman–Crippen MR) is 139 cm³/mol. The van der Waals surface area contributed by atoms with Gasteiger partial charge in [0.25, 0.3) is 5.91 Å². The summed E-state index contributed by atoms with van der Waals surface area (Å²) in [5, 5.41) is 2.07. The lowest BCUT2D eigenvalue weighted by Crippen LogP contribution is -2.47. The zero-order chi connectivity index (χ0) is 23.7. The highest BCUT2D eigenvalue weighted by molar-refractivity contribution is 6.07. The number of carbonyl (C=O) groups excluding carboxylic acids is 1. The second-order valence-electron chi connectivity index (χ2n) is 9.90. The van der Waals surface area contributed by atoms with E-state index in [1.807, 2.05) is 53.4 Å². The Labute approximate surface area is 201 Å². The van der Waals surface area contributed by atoms with Crippen molar-refractivity contribution in [3.63, 3.8) is 0 Å². The van der Waals surface area contributed by atoms with Crippen LogP contribution in [0.4, 0.5) is 5.69 Å². The van der Waals surface area contributed by atoms with Crippen molar-refractivity contribution in [3.05, 3.63) is 108 Å². The molecule has 4 aromatic carbocycles. The van der Waals surface area contributed by atoms with Crippen LogP contribution in [0.15, 0.2) is 91.0 Å². The number of benzene rings is 4. The molecular weight excluding hydrogens is 420 g/mol. The quantitative estimate of drug-likeness (QED) is 0.365. The van der Waals surface area contributed by atoms with Gasteiger partial charge in [-0.05, 0) is 46.5 Å². The maximum atomic E-state index is 13.9. The molecule has 1 atom stereocenters.